The zero-order valence-electron chi connectivity index (χ0n) is 12.3. The molecule has 0 spiro atoms. The number of hydrogen-bond acceptors (Lipinski definition) is 3. The maximum Gasteiger partial charge on any atom is 0.229 e. The van der Waals surface area contributed by atoms with Crippen LogP contribution in [0.1, 0.15) is 18.4 Å². The molecule has 0 unspecified atom stereocenters. The highest BCUT2D eigenvalue weighted by atomic mass is 16.3. The van der Waals surface area contributed by atoms with Crippen molar-refractivity contribution >= 4 is 22.7 Å². The molecule has 0 aliphatic heterocycles. The first-order chi connectivity index (χ1) is 10.7. The quantitative estimate of drug-likeness (QED) is 0.789. The summed E-state index contributed by atoms with van der Waals surface area (Å²) in [5.74, 6) is 0.783. The Labute approximate surface area is 128 Å². The highest BCUT2D eigenvalue weighted by molar-refractivity contribution is 5.97. The van der Waals surface area contributed by atoms with Crippen molar-refractivity contribution in [1.82, 2.24) is 4.98 Å². The summed E-state index contributed by atoms with van der Waals surface area (Å²) in [6.45, 7) is 2.03. The lowest BCUT2D eigenvalue weighted by Gasteiger charge is -2.07. The van der Waals surface area contributed by atoms with Gasteiger partial charge in [-0.3, -0.25) is 4.79 Å². The third kappa shape index (κ3) is 2.37. The first-order valence-corrected chi connectivity index (χ1v) is 7.48. The zero-order valence-corrected chi connectivity index (χ0v) is 12.3. The van der Waals surface area contributed by atoms with Gasteiger partial charge in [0, 0.05) is 5.92 Å². The van der Waals surface area contributed by atoms with Gasteiger partial charge >= 0.3 is 0 Å². The third-order valence-electron chi connectivity index (χ3n) is 3.91. The number of nitrogens with one attached hydrogen (secondary N) is 1. The van der Waals surface area contributed by atoms with Crippen LogP contribution in [-0.2, 0) is 4.79 Å². The van der Waals surface area contributed by atoms with Crippen LogP contribution in [0.5, 0.6) is 0 Å². The van der Waals surface area contributed by atoms with Gasteiger partial charge in [0.15, 0.2) is 5.58 Å². The Kier molecular flexibility index (Phi) is 2.96. The Hall–Kier alpha value is -2.62. The predicted molar refractivity (Wildman–Crippen MR) is 85.5 cm³/mol. The van der Waals surface area contributed by atoms with Crippen molar-refractivity contribution in [2.75, 3.05) is 5.32 Å². The maximum absolute atomic E-state index is 12.0. The molecule has 0 atom stereocenters. The average Bonchev–Trinajstić information content (AvgIpc) is 3.28. The number of amides is 1. The van der Waals surface area contributed by atoms with Crippen LogP contribution in [0.15, 0.2) is 46.9 Å². The number of aryl methyl sites for hydroxylation is 1. The molecule has 4 nitrogen and oxygen atoms in total. The van der Waals surface area contributed by atoms with Gasteiger partial charge in [-0.2, -0.15) is 0 Å². The van der Waals surface area contributed by atoms with Crippen LogP contribution in [0.4, 0.5) is 5.69 Å². The number of rotatable bonds is 3. The molecule has 1 fully saturated rings. The largest absolute Gasteiger partial charge is 0.436 e. The maximum atomic E-state index is 12.0. The number of carbonyl (C=O) groups is 1. The Morgan fingerprint density at radius 3 is 2.86 bits per heavy atom. The summed E-state index contributed by atoms with van der Waals surface area (Å²) in [5, 5.41) is 2.99. The van der Waals surface area contributed by atoms with Crippen molar-refractivity contribution in [2.45, 2.75) is 19.8 Å². The summed E-state index contributed by atoms with van der Waals surface area (Å²) in [6, 6.07) is 13.5. The highest BCUT2D eigenvalue weighted by Gasteiger charge is 2.30. The summed E-state index contributed by atoms with van der Waals surface area (Å²) in [6.07, 6.45) is 1.96. The van der Waals surface area contributed by atoms with E-state index in [1.54, 1.807) is 0 Å². The molecule has 1 amide bonds. The summed E-state index contributed by atoms with van der Waals surface area (Å²) in [5.41, 5.74) is 4.29. The van der Waals surface area contributed by atoms with Gasteiger partial charge < -0.3 is 9.73 Å². The van der Waals surface area contributed by atoms with Crippen LogP contribution in [0.25, 0.3) is 22.6 Å². The number of carbonyl (C=O) groups excluding carboxylic acids is 1. The van der Waals surface area contributed by atoms with Gasteiger partial charge in [-0.15, -0.1) is 0 Å². The fourth-order valence-electron chi connectivity index (χ4n) is 2.51. The van der Waals surface area contributed by atoms with Crippen LogP contribution in [0, 0.1) is 12.8 Å². The molecule has 3 aromatic rings. The summed E-state index contributed by atoms with van der Waals surface area (Å²) in [4.78, 5) is 16.6. The first kappa shape index (κ1) is 13.1. The van der Waals surface area contributed by atoms with E-state index in [2.05, 4.69) is 10.3 Å². The minimum Gasteiger partial charge on any atom is -0.436 e. The van der Waals surface area contributed by atoms with E-state index in [4.69, 9.17) is 4.42 Å². The van der Waals surface area contributed by atoms with Gasteiger partial charge in [-0.25, -0.2) is 4.98 Å². The molecule has 1 aromatic heterocycles. The summed E-state index contributed by atoms with van der Waals surface area (Å²) in [7, 11) is 0. The zero-order chi connectivity index (χ0) is 15.1. The smallest absolute Gasteiger partial charge is 0.229 e. The standard InChI is InChI=1S/C18H16N2O2/c1-11-6-9-16-15(10-11)20-18(22-16)13-4-2-3-5-14(13)19-17(21)12-7-8-12/h2-6,9-10,12H,7-8H2,1H3,(H,19,21). The van der Waals surface area contributed by atoms with Crippen molar-refractivity contribution in [1.29, 1.82) is 0 Å². The number of para-hydroxylation sites is 1. The van der Waals surface area contributed by atoms with Crippen LogP contribution in [0.3, 0.4) is 0 Å². The molecule has 2 aromatic carbocycles. The van der Waals surface area contributed by atoms with Gasteiger partial charge in [0.2, 0.25) is 11.8 Å². The van der Waals surface area contributed by atoms with Gasteiger partial charge in [0.1, 0.15) is 5.52 Å². The van der Waals surface area contributed by atoms with E-state index in [-0.39, 0.29) is 11.8 Å². The lowest BCUT2D eigenvalue weighted by atomic mass is 10.1. The molecule has 22 heavy (non-hydrogen) atoms. The van der Waals surface area contributed by atoms with E-state index in [0.29, 0.717) is 5.89 Å². The molecule has 1 aliphatic carbocycles. The molecule has 0 radical (unpaired) electrons. The van der Waals surface area contributed by atoms with Gasteiger partial charge in [0.05, 0.1) is 11.3 Å². The minimum absolute atomic E-state index is 0.0828. The molecule has 0 bridgehead atoms. The topological polar surface area (TPSA) is 55.1 Å². The number of nitrogens with zero attached hydrogens (tertiary/aromatic N) is 1. The van der Waals surface area contributed by atoms with Crippen molar-refractivity contribution in [3.8, 4) is 11.5 Å². The SMILES string of the molecule is Cc1ccc2oc(-c3ccccc3NC(=O)C3CC3)nc2c1. The van der Waals surface area contributed by atoms with Crippen molar-refractivity contribution in [2.24, 2.45) is 5.92 Å². The molecule has 1 aliphatic rings. The number of oxazole rings is 1. The van der Waals surface area contributed by atoms with E-state index >= 15 is 0 Å². The lowest BCUT2D eigenvalue weighted by molar-refractivity contribution is -0.117. The average molecular weight is 292 g/mol. The first-order valence-electron chi connectivity index (χ1n) is 7.48. The molecule has 1 heterocycles. The van der Waals surface area contributed by atoms with Gasteiger partial charge in [0.25, 0.3) is 0 Å². The van der Waals surface area contributed by atoms with Crippen molar-refractivity contribution < 1.29 is 9.21 Å². The Morgan fingerprint density at radius 1 is 1.23 bits per heavy atom. The summed E-state index contributed by atoms with van der Waals surface area (Å²) >= 11 is 0. The molecular formula is C18H16N2O2. The third-order valence-corrected chi connectivity index (χ3v) is 3.91. The van der Waals surface area contributed by atoms with E-state index < -0.39 is 0 Å². The molecule has 4 heteroatoms. The Bertz CT molecular complexity index is 862. The van der Waals surface area contributed by atoms with Crippen LogP contribution in [0.2, 0.25) is 0 Å². The second-order valence-electron chi connectivity index (χ2n) is 5.80. The highest BCUT2D eigenvalue weighted by Crippen LogP contribution is 2.34. The van der Waals surface area contributed by atoms with E-state index in [1.165, 1.54) is 0 Å². The van der Waals surface area contributed by atoms with Crippen molar-refractivity contribution in [3.05, 3.63) is 48.0 Å². The molecule has 110 valence electrons. The normalized spacial score (nSPS) is 14.2. The van der Waals surface area contributed by atoms with E-state index in [0.717, 1.165) is 40.8 Å². The Balaban J connectivity index is 1.75. The minimum atomic E-state index is 0.0828. The number of hydrogen-bond donors (Lipinski definition) is 1. The molecule has 4 rings (SSSR count). The number of aromatic nitrogens is 1. The van der Waals surface area contributed by atoms with Crippen molar-refractivity contribution in [3.63, 3.8) is 0 Å². The molecular weight excluding hydrogens is 276 g/mol. The monoisotopic (exact) mass is 292 g/mol. The number of benzene rings is 2. The lowest BCUT2D eigenvalue weighted by Crippen LogP contribution is -2.13. The van der Waals surface area contributed by atoms with Crippen LogP contribution in [-0.4, -0.2) is 10.9 Å². The molecule has 0 saturated heterocycles. The van der Waals surface area contributed by atoms with Crippen LogP contribution < -0.4 is 5.32 Å². The number of anilines is 1. The van der Waals surface area contributed by atoms with E-state index in [9.17, 15) is 4.79 Å². The fourth-order valence-corrected chi connectivity index (χ4v) is 2.51. The van der Waals surface area contributed by atoms with E-state index in [1.807, 2.05) is 49.4 Å². The molecule has 1 saturated carbocycles. The number of fused-ring (bicyclic) bond motifs is 1. The summed E-state index contributed by atoms with van der Waals surface area (Å²) < 4.78 is 5.85. The predicted octanol–water partition coefficient (Wildman–Crippen LogP) is 4.15. The second-order valence-corrected chi connectivity index (χ2v) is 5.80. The van der Waals surface area contributed by atoms with Crippen LogP contribution >= 0.6 is 0 Å². The fraction of sp³-hybridized carbons (Fsp3) is 0.222. The Morgan fingerprint density at radius 2 is 2.05 bits per heavy atom. The second kappa shape index (κ2) is 4.98. The van der Waals surface area contributed by atoms with Gasteiger partial charge in [-0.05, 0) is 49.6 Å². The molecule has 1 N–H and O–H groups in total. The van der Waals surface area contributed by atoms with Gasteiger partial charge in [-0.1, -0.05) is 18.2 Å².